The molecule has 0 radical (unpaired) electrons. The number of thiazole rings is 1. The molecule has 0 fully saturated rings. The van der Waals surface area contributed by atoms with Crippen LogP contribution in [0.3, 0.4) is 0 Å². The van der Waals surface area contributed by atoms with Crippen molar-refractivity contribution in [3.63, 3.8) is 0 Å². The van der Waals surface area contributed by atoms with E-state index < -0.39 is 0 Å². The second kappa shape index (κ2) is 5.70. The summed E-state index contributed by atoms with van der Waals surface area (Å²) in [5.74, 6) is 5.59. The maximum absolute atomic E-state index is 5.59. The first-order valence-electron chi connectivity index (χ1n) is 4.50. The molecule has 7 heteroatoms. The summed E-state index contributed by atoms with van der Waals surface area (Å²) in [6, 6.07) is 2.16. The number of nitrogens with two attached hydrogens (primary N) is 1. The van der Waals surface area contributed by atoms with Crippen molar-refractivity contribution in [2.24, 2.45) is 5.84 Å². The van der Waals surface area contributed by atoms with E-state index in [-0.39, 0.29) is 6.04 Å². The van der Waals surface area contributed by atoms with Crippen molar-refractivity contribution >= 4 is 54.5 Å². The molecule has 16 heavy (non-hydrogen) atoms. The smallest absolute Gasteiger partial charge is 0.0944 e. The molecule has 3 nitrogen and oxygen atoms in total. The van der Waals surface area contributed by atoms with E-state index >= 15 is 0 Å². The molecule has 0 aromatic carbocycles. The molecule has 0 amide bonds. The normalized spacial score (nSPS) is 12.9. The van der Waals surface area contributed by atoms with Gasteiger partial charge in [-0.2, -0.15) is 0 Å². The van der Waals surface area contributed by atoms with Crippen LogP contribution in [-0.2, 0) is 6.42 Å². The molecular weight excluding hydrogens is 374 g/mol. The molecule has 3 N–H and O–H groups in total. The average Bonchev–Trinajstić information content (AvgIpc) is 2.85. The molecule has 1 unspecified atom stereocenters. The topological polar surface area (TPSA) is 50.9 Å². The van der Waals surface area contributed by atoms with Gasteiger partial charge in [-0.3, -0.25) is 11.3 Å². The van der Waals surface area contributed by atoms with Gasteiger partial charge in [-0.15, -0.1) is 22.7 Å². The predicted molar refractivity (Wildman–Crippen MR) is 75.6 cm³/mol. The van der Waals surface area contributed by atoms with Crippen molar-refractivity contribution in [1.29, 1.82) is 0 Å². The lowest BCUT2D eigenvalue weighted by Crippen LogP contribution is -2.29. The molecule has 1 atom stereocenters. The zero-order valence-corrected chi connectivity index (χ0v) is 12.9. The predicted octanol–water partition coefficient (Wildman–Crippen LogP) is 3.48. The summed E-state index contributed by atoms with van der Waals surface area (Å²) in [4.78, 5) is 4.27. The van der Waals surface area contributed by atoms with Gasteiger partial charge in [0.05, 0.1) is 18.6 Å². The Hall–Kier alpha value is 0.210. The molecule has 0 aliphatic carbocycles. The quantitative estimate of drug-likeness (QED) is 0.628. The molecule has 2 heterocycles. The molecule has 0 aliphatic rings. The second-order valence-corrected chi connectivity index (χ2v) is 7.86. The van der Waals surface area contributed by atoms with Crippen LogP contribution in [0.15, 0.2) is 25.2 Å². The zero-order chi connectivity index (χ0) is 11.5. The van der Waals surface area contributed by atoms with Gasteiger partial charge in [-0.25, -0.2) is 4.98 Å². The van der Waals surface area contributed by atoms with E-state index in [0.717, 1.165) is 24.6 Å². The van der Waals surface area contributed by atoms with Crippen LogP contribution in [0.25, 0.3) is 0 Å². The van der Waals surface area contributed by atoms with Crippen molar-refractivity contribution in [2.75, 3.05) is 0 Å². The van der Waals surface area contributed by atoms with Gasteiger partial charge in [-0.1, -0.05) is 0 Å². The van der Waals surface area contributed by atoms with Crippen LogP contribution >= 0.6 is 54.5 Å². The first-order chi connectivity index (χ1) is 7.70. The fourth-order valence-corrected chi connectivity index (χ4v) is 5.02. The fraction of sp³-hybridized carbons (Fsp3) is 0.222. The Kier molecular flexibility index (Phi) is 4.51. The first-order valence-corrected chi connectivity index (χ1v) is 7.78. The van der Waals surface area contributed by atoms with Crippen LogP contribution in [-0.4, -0.2) is 4.98 Å². The monoisotopic (exact) mass is 381 g/mol. The lowest BCUT2D eigenvalue weighted by atomic mass is 10.1. The molecule has 0 spiro atoms. The van der Waals surface area contributed by atoms with E-state index in [4.69, 9.17) is 5.84 Å². The highest BCUT2D eigenvalue weighted by Crippen LogP contribution is 2.36. The van der Waals surface area contributed by atoms with Gasteiger partial charge in [0.15, 0.2) is 0 Å². The Morgan fingerprint density at radius 1 is 1.50 bits per heavy atom. The maximum Gasteiger partial charge on any atom is 0.0944 e. The summed E-state index contributed by atoms with van der Waals surface area (Å²) >= 11 is 10.3. The molecule has 86 valence electrons. The molecule has 0 saturated carbocycles. The fourth-order valence-electron chi connectivity index (χ4n) is 1.38. The molecule has 0 aliphatic heterocycles. The van der Waals surface area contributed by atoms with Crippen molar-refractivity contribution in [1.82, 2.24) is 10.4 Å². The van der Waals surface area contributed by atoms with Gasteiger partial charge in [-0.05, 0) is 43.5 Å². The van der Waals surface area contributed by atoms with Gasteiger partial charge >= 0.3 is 0 Å². The van der Waals surface area contributed by atoms with Crippen molar-refractivity contribution in [3.05, 3.63) is 35.8 Å². The van der Waals surface area contributed by atoms with Gasteiger partial charge in [0.1, 0.15) is 0 Å². The van der Waals surface area contributed by atoms with Gasteiger partial charge < -0.3 is 0 Å². The molecule has 2 aromatic heterocycles. The summed E-state index contributed by atoms with van der Waals surface area (Å²) in [5, 5.41) is 3.05. The van der Waals surface area contributed by atoms with Gasteiger partial charge in [0, 0.05) is 18.0 Å². The minimum absolute atomic E-state index is 0.0862. The minimum atomic E-state index is 0.0862. The SMILES string of the molecule is NNC(Cc1nccs1)c1cc(Br)sc1Br. The van der Waals surface area contributed by atoms with Crippen LogP contribution < -0.4 is 11.3 Å². The number of nitrogens with zero attached hydrogens (tertiary/aromatic N) is 1. The van der Waals surface area contributed by atoms with E-state index in [1.54, 1.807) is 22.7 Å². The maximum atomic E-state index is 5.59. The molecule has 0 saturated heterocycles. The third kappa shape index (κ3) is 2.91. The lowest BCUT2D eigenvalue weighted by Gasteiger charge is -2.13. The lowest BCUT2D eigenvalue weighted by molar-refractivity contribution is 0.550. The van der Waals surface area contributed by atoms with E-state index in [0.29, 0.717) is 0 Å². The van der Waals surface area contributed by atoms with Crippen LogP contribution in [0, 0.1) is 0 Å². The van der Waals surface area contributed by atoms with E-state index in [9.17, 15) is 0 Å². The summed E-state index contributed by atoms with van der Waals surface area (Å²) in [6.45, 7) is 0. The highest BCUT2D eigenvalue weighted by atomic mass is 79.9. The van der Waals surface area contributed by atoms with Crippen molar-refractivity contribution in [2.45, 2.75) is 12.5 Å². The first kappa shape index (κ1) is 12.7. The molecule has 2 rings (SSSR count). The Morgan fingerprint density at radius 3 is 2.81 bits per heavy atom. The Labute approximate surface area is 118 Å². The Bertz CT molecular complexity index is 455. The number of nitrogens with one attached hydrogen (secondary N) is 1. The van der Waals surface area contributed by atoms with Crippen LogP contribution in [0.5, 0.6) is 0 Å². The number of hydrogen-bond acceptors (Lipinski definition) is 5. The average molecular weight is 383 g/mol. The molecule has 0 bridgehead atoms. The van der Waals surface area contributed by atoms with Gasteiger partial charge in [0.25, 0.3) is 0 Å². The van der Waals surface area contributed by atoms with Crippen molar-refractivity contribution in [3.8, 4) is 0 Å². The number of hydrogen-bond donors (Lipinski definition) is 2. The second-order valence-electron chi connectivity index (χ2n) is 3.13. The summed E-state index contributed by atoms with van der Waals surface area (Å²) in [7, 11) is 0. The Balaban J connectivity index is 2.19. The number of aromatic nitrogens is 1. The highest BCUT2D eigenvalue weighted by Gasteiger charge is 2.17. The zero-order valence-electron chi connectivity index (χ0n) is 8.11. The highest BCUT2D eigenvalue weighted by molar-refractivity contribution is 9.12. The standard InChI is InChI=1S/C9H9Br2N3S2/c10-7-3-5(9(11)16-7)6(14-12)4-8-13-1-2-15-8/h1-3,6,14H,4,12H2. The summed E-state index contributed by atoms with van der Waals surface area (Å²) in [6.07, 6.45) is 2.61. The van der Waals surface area contributed by atoms with Crippen LogP contribution in [0.1, 0.15) is 16.6 Å². The number of hydrazine groups is 1. The van der Waals surface area contributed by atoms with E-state index in [1.807, 2.05) is 11.6 Å². The van der Waals surface area contributed by atoms with E-state index in [1.165, 1.54) is 0 Å². The minimum Gasteiger partial charge on any atom is -0.271 e. The summed E-state index contributed by atoms with van der Waals surface area (Å²) < 4.78 is 2.19. The largest absolute Gasteiger partial charge is 0.271 e. The Morgan fingerprint density at radius 2 is 2.31 bits per heavy atom. The molecular formula is C9H9Br2N3S2. The molecule has 2 aromatic rings. The number of thiophene rings is 1. The van der Waals surface area contributed by atoms with Crippen LogP contribution in [0.4, 0.5) is 0 Å². The van der Waals surface area contributed by atoms with Crippen LogP contribution in [0.2, 0.25) is 0 Å². The summed E-state index contributed by atoms with van der Waals surface area (Å²) in [5.41, 5.74) is 3.99. The third-order valence-electron chi connectivity index (χ3n) is 2.12. The van der Waals surface area contributed by atoms with Crippen molar-refractivity contribution < 1.29 is 0 Å². The number of rotatable bonds is 4. The van der Waals surface area contributed by atoms with Gasteiger partial charge in [0.2, 0.25) is 0 Å². The van der Waals surface area contributed by atoms with E-state index in [2.05, 4.69) is 48.3 Å². The number of halogens is 2. The third-order valence-corrected chi connectivity index (χ3v) is 5.31.